The maximum absolute atomic E-state index is 14.1. The fraction of sp³-hybridized carbons (Fsp3) is 0. The van der Waals surface area contributed by atoms with E-state index in [1.165, 1.54) is 10.7 Å². The van der Waals surface area contributed by atoms with Crippen LogP contribution in [0.25, 0.3) is 17.1 Å². The van der Waals surface area contributed by atoms with Gasteiger partial charge in [-0.3, -0.25) is 0 Å². The topological polar surface area (TPSA) is 69.6 Å². The van der Waals surface area contributed by atoms with Crippen molar-refractivity contribution in [2.75, 3.05) is 5.73 Å². The lowest BCUT2D eigenvalue weighted by Gasteiger charge is -2.07. The smallest absolute Gasteiger partial charge is 0.187 e. The lowest BCUT2D eigenvalue weighted by atomic mass is 10.2. The van der Waals surface area contributed by atoms with Gasteiger partial charge in [-0.1, -0.05) is 31.9 Å². The zero-order chi connectivity index (χ0) is 15.0. The Bertz CT molecular complexity index is 798. The van der Waals surface area contributed by atoms with Gasteiger partial charge in [0.1, 0.15) is 11.5 Å². The number of benzene rings is 2. The van der Waals surface area contributed by atoms with E-state index in [-0.39, 0.29) is 5.69 Å². The maximum atomic E-state index is 14.1. The van der Waals surface area contributed by atoms with Crippen molar-refractivity contribution in [1.29, 1.82) is 0 Å². The molecule has 1 aromatic heterocycles. The molecule has 0 aliphatic heterocycles. The highest BCUT2D eigenvalue weighted by Gasteiger charge is 2.15. The van der Waals surface area contributed by atoms with Gasteiger partial charge in [0.05, 0.1) is 0 Å². The predicted molar refractivity (Wildman–Crippen MR) is 84.4 cm³/mol. The molecule has 0 amide bonds. The first-order valence-corrected chi connectivity index (χ1v) is 7.43. The van der Waals surface area contributed by atoms with E-state index in [9.17, 15) is 4.39 Å². The first-order valence-electron chi connectivity index (χ1n) is 5.85. The van der Waals surface area contributed by atoms with Crippen molar-refractivity contribution in [2.24, 2.45) is 0 Å². The summed E-state index contributed by atoms with van der Waals surface area (Å²) < 4.78 is 16.9. The number of hydrogen-bond acceptors (Lipinski definition) is 4. The zero-order valence-electron chi connectivity index (χ0n) is 10.5. The molecule has 0 atom stereocenters. The summed E-state index contributed by atoms with van der Waals surface area (Å²) in [5.74, 6) is -0.0230. The van der Waals surface area contributed by atoms with Crippen LogP contribution in [0, 0.1) is 5.82 Å². The van der Waals surface area contributed by atoms with Crippen LogP contribution in [0.3, 0.4) is 0 Å². The van der Waals surface area contributed by atoms with E-state index in [1.54, 1.807) is 24.3 Å². The summed E-state index contributed by atoms with van der Waals surface area (Å²) in [6.07, 6.45) is 0. The van der Waals surface area contributed by atoms with Gasteiger partial charge in [-0.15, -0.1) is 5.10 Å². The van der Waals surface area contributed by atoms with E-state index in [0.29, 0.717) is 21.5 Å². The van der Waals surface area contributed by atoms with Crippen LogP contribution in [0.5, 0.6) is 0 Å². The number of nitrogens with two attached hydrogens (primary N) is 1. The Morgan fingerprint density at radius 2 is 1.86 bits per heavy atom. The molecule has 21 heavy (non-hydrogen) atoms. The van der Waals surface area contributed by atoms with Gasteiger partial charge in [0.2, 0.25) is 0 Å². The highest BCUT2D eigenvalue weighted by molar-refractivity contribution is 9.10. The lowest BCUT2D eigenvalue weighted by molar-refractivity contribution is 0.607. The van der Waals surface area contributed by atoms with Crippen LogP contribution >= 0.6 is 31.9 Å². The Kier molecular flexibility index (Phi) is 3.73. The van der Waals surface area contributed by atoms with Crippen molar-refractivity contribution in [3.05, 3.63) is 51.2 Å². The minimum absolute atomic E-state index is 0.261. The monoisotopic (exact) mass is 411 g/mol. The molecular weight excluding hydrogens is 405 g/mol. The average molecular weight is 413 g/mol. The molecule has 0 saturated carbocycles. The highest BCUT2D eigenvalue weighted by Crippen LogP contribution is 2.27. The molecule has 3 rings (SSSR count). The highest BCUT2D eigenvalue weighted by atomic mass is 79.9. The van der Waals surface area contributed by atoms with Crippen LogP contribution in [0.15, 0.2) is 45.3 Å². The van der Waals surface area contributed by atoms with Gasteiger partial charge in [-0.25, -0.2) is 4.39 Å². The molecule has 2 N–H and O–H groups in total. The molecule has 0 fully saturated rings. The summed E-state index contributed by atoms with van der Waals surface area (Å²) in [7, 11) is 0. The summed E-state index contributed by atoms with van der Waals surface area (Å²) in [5, 5.41) is 11.4. The number of anilines is 1. The number of rotatable bonds is 2. The summed E-state index contributed by atoms with van der Waals surface area (Å²) in [4.78, 5) is 0. The number of nitrogens with zero attached hydrogens (tertiary/aromatic N) is 4. The van der Waals surface area contributed by atoms with Gasteiger partial charge >= 0.3 is 0 Å². The number of nitrogen functional groups attached to an aromatic ring is 1. The quantitative estimate of drug-likeness (QED) is 0.653. The van der Waals surface area contributed by atoms with Crippen LogP contribution in [-0.2, 0) is 0 Å². The first-order chi connectivity index (χ1) is 10.0. The molecule has 0 saturated heterocycles. The van der Waals surface area contributed by atoms with Gasteiger partial charge < -0.3 is 5.73 Å². The van der Waals surface area contributed by atoms with Crippen molar-refractivity contribution in [3.8, 4) is 17.1 Å². The largest absolute Gasteiger partial charge is 0.399 e. The van der Waals surface area contributed by atoms with Crippen molar-refractivity contribution < 1.29 is 4.39 Å². The number of halogens is 3. The number of hydrogen-bond donors (Lipinski definition) is 1. The van der Waals surface area contributed by atoms with Crippen LogP contribution in [-0.4, -0.2) is 20.2 Å². The van der Waals surface area contributed by atoms with Crippen molar-refractivity contribution in [2.45, 2.75) is 0 Å². The van der Waals surface area contributed by atoms with E-state index < -0.39 is 5.82 Å². The fourth-order valence-electron chi connectivity index (χ4n) is 1.92. The summed E-state index contributed by atoms with van der Waals surface area (Å²) >= 11 is 6.58. The van der Waals surface area contributed by atoms with Gasteiger partial charge in [-0.05, 0) is 46.8 Å². The first kappa shape index (κ1) is 14.2. The average Bonchev–Trinajstić information content (AvgIpc) is 2.86. The fourth-order valence-corrected chi connectivity index (χ4v) is 2.77. The maximum Gasteiger partial charge on any atom is 0.187 e. The van der Waals surface area contributed by atoms with Crippen LogP contribution < -0.4 is 5.73 Å². The molecule has 0 unspecified atom stereocenters. The SMILES string of the molecule is Nc1cc(Br)cc(-c2nnnn2-c2ccc(Br)cc2F)c1. The molecule has 5 nitrogen and oxygen atoms in total. The molecule has 0 radical (unpaired) electrons. The molecule has 106 valence electrons. The third-order valence-corrected chi connectivity index (χ3v) is 3.74. The minimum Gasteiger partial charge on any atom is -0.399 e. The van der Waals surface area contributed by atoms with Gasteiger partial charge in [0.15, 0.2) is 5.82 Å². The molecule has 0 aliphatic rings. The van der Waals surface area contributed by atoms with Gasteiger partial charge in [0, 0.05) is 20.2 Å². The summed E-state index contributed by atoms with van der Waals surface area (Å²) in [6, 6.07) is 9.98. The molecule has 0 aliphatic carbocycles. The second-order valence-corrected chi connectivity index (χ2v) is 6.11. The van der Waals surface area contributed by atoms with E-state index in [0.717, 1.165) is 4.47 Å². The molecule has 2 aromatic carbocycles. The zero-order valence-corrected chi connectivity index (χ0v) is 13.6. The molecule has 0 bridgehead atoms. The molecule has 0 spiro atoms. The van der Waals surface area contributed by atoms with Gasteiger partial charge in [0.25, 0.3) is 0 Å². The standard InChI is InChI=1S/C13H8Br2FN5/c14-8-1-2-12(11(16)6-8)21-13(18-19-20-21)7-3-9(15)5-10(17)4-7/h1-6H,17H2. The number of tetrazole rings is 1. The third kappa shape index (κ3) is 2.81. The van der Waals surface area contributed by atoms with Crippen LogP contribution in [0.1, 0.15) is 0 Å². The Labute approximate surface area is 136 Å². The van der Waals surface area contributed by atoms with Crippen LogP contribution in [0.4, 0.5) is 10.1 Å². The van der Waals surface area contributed by atoms with Crippen LogP contribution in [0.2, 0.25) is 0 Å². The van der Waals surface area contributed by atoms with E-state index in [4.69, 9.17) is 5.73 Å². The Hall–Kier alpha value is -1.80. The molecule has 3 aromatic rings. The van der Waals surface area contributed by atoms with E-state index in [2.05, 4.69) is 47.4 Å². The van der Waals surface area contributed by atoms with Crippen molar-refractivity contribution >= 4 is 37.5 Å². The lowest BCUT2D eigenvalue weighted by Crippen LogP contribution is -2.03. The Morgan fingerprint density at radius 1 is 1.05 bits per heavy atom. The normalized spacial score (nSPS) is 10.8. The van der Waals surface area contributed by atoms with Crippen molar-refractivity contribution in [1.82, 2.24) is 20.2 Å². The Morgan fingerprint density at radius 3 is 2.57 bits per heavy atom. The predicted octanol–water partition coefficient (Wildman–Crippen LogP) is 3.58. The summed E-state index contributed by atoms with van der Waals surface area (Å²) in [6.45, 7) is 0. The second kappa shape index (κ2) is 5.53. The molecule has 8 heteroatoms. The molecular formula is C13H8Br2FN5. The van der Waals surface area contributed by atoms with Gasteiger partial charge in [-0.2, -0.15) is 4.68 Å². The van der Waals surface area contributed by atoms with Crippen molar-refractivity contribution in [3.63, 3.8) is 0 Å². The van der Waals surface area contributed by atoms with E-state index in [1.807, 2.05) is 6.07 Å². The summed E-state index contributed by atoms with van der Waals surface area (Å²) in [5.41, 5.74) is 7.33. The van der Waals surface area contributed by atoms with E-state index >= 15 is 0 Å². The minimum atomic E-state index is -0.430. The second-order valence-electron chi connectivity index (χ2n) is 4.28. The Balaban J connectivity index is 2.17. The third-order valence-electron chi connectivity index (χ3n) is 2.79. The molecule has 1 heterocycles. The number of aromatic nitrogens is 4.